The topological polar surface area (TPSA) is 45.5 Å². The summed E-state index contributed by atoms with van der Waals surface area (Å²) in [6, 6.07) is 14.0. The molecule has 1 aromatic heterocycles. The molecule has 3 rings (SSSR count). The van der Waals surface area contributed by atoms with Gasteiger partial charge in [0.25, 0.3) is 0 Å². The first-order chi connectivity index (χ1) is 11.2. The first-order valence-corrected chi connectivity index (χ1v) is 8.02. The van der Waals surface area contributed by atoms with Crippen LogP contribution in [0.3, 0.4) is 0 Å². The van der Waals surface area contributed by atoms with Gasteiger partial charge in [-0.2, -0.15) is 0 Å². The highest BCUT2D eigenvalue weighted by Crippen LogP contribution is 2.21. The van der Waals surface area contributed by atoms with Gasteiger partial charge >= 0.3 is 0 Å². The average Bonchev–Trinajstić information content (AvgIpc) is 3.11. The van der Waals surface area contributed by atoms with Crippen LogP contribution in [-0.4, -0.2) is 30.4 Å². The number of rotatable bonds is 5. The van der Waals surface area contributed by atoms with E-state index in [1.807, 2.05) is 25.1 Å². The monoisotopic (exact) mass is 310 g/mol. The van der Waals surface area contributed by atoms with E-state index in [1.54, 1.807) is 6.26 Å². The molecule has 120 valence electrons. The summed E-state index contributed by atoms with van der Waals surface area (Å²) >= 11 is 0. The van der Waals surface area contributed by atoms with Crippen molar-refractivity contribution >= 4 is 11.5 Å². The zero-order valence-corrected chi connectivity index (χ0v) is 13.4. The molecule has 1 N–H and O–H groups in total. The van der Waals surface area contributed by atoms with Crippen molar-refractivity contribution in [2.75, 3.05) is 19.6 Å². The molecule has 0 aliphatic carbocycles. The number of carbonyl (C=O) groups excluding carboxylic acids is 1. The summed E-state index contributed by atoms with van der Waals surface area (Å²) in [6.07, 6.45) is 4.83. The number of furan rings is 1. The van der Waals surface area contributed by atoms with Gasteiger partial charge in [-0.25, -0.2) is 0 Å². The van der Waals surface area contributed by atoms with Crippen LogP contribution >= 0.6 is 0 Å². The molecule has 2 heterocycles. The van der Waals surface area contributed by atoms with Crippen LogP contribution in [-0.2, 0) is 4.79 Å². The molecule has 4 nitrogen and oxygen atoms in total. The number of hydrogen-bond acceptors (Lipinski definition) is 3. The lowest BCUT2D eigenvalue weighted by Crippen LogP contribution is -2.40. The van der Waals surface area contributed by atoms with Gasteiger partial charge in [-0.3, -0.25) is 9.69 Å². The number of nitrogens with zero attached hydrogens (tertiary/aromatic N) is 1. The third kappa shape index (κ3) is 4.11. The van der Waals surface area contributed by atoms with Crippen molar-refractivity contribution in [1.29, 1.82) is 0 Å². The standard InChI is InChI=1S/C19H22N2O2/c1-15(18-8-5-13-23-18)20-19(22)14-21-11-9-17(10-12-21)16-6-3-2-4-7-16/h2-9,13,15H,10-12,14H2,1H3,(H,20,22)/t15-/m1/s1. The largest absolute Gasteiger partial charge is 0.467 e. The van der Waals surface area contributed by atoms with Crippen LogP contribution < -0.4 is 5.32 Å². The fourth-order valence-electron chi connectivity index (χ4n) is 2.87. The SMILES string of the molecule is C[C@@H](NC(=O)CN1CC=C(c2ccccc2)CC1)c1ccco1. The molecule has 0 radical (unpaired) electrons. The molecule has 0 bridgehead atoms. The fourth-order valence-corrected chi connectivity index (χ4v) is 2.87. The molecule has 0 spiro atoms. The molecule has 1 aliphatic rings. The van der Waals surface area contributed by atoms with Gasteiger partial charge in [0.15, 0.2) is 0 Å². The van der Waals surface area contributed by atoms with E-state index in [4.69, 9.17) is 4.42 Å². The molecule has 2 aromatic rings. The lowest BCUT2D eigenvalue weighted by Gasteiger charge is -2.26. The normalized spacial score (nSPS) is 16.7. The van der Waals surface area contributed by atoms with Gasteiger partial charge in [0.05, 0.1) is 18.8 Å². The summed E-state index contributed by atoms with van der Waals surface area (Å²) in [5.74, 6) is 0.814. The Morgan fingerprint density at radius 3 is 2.74 bits per heavy atom. The quantitative estimate of drug-likeness (QED) is 0.922. The third-order valence-electron chi connectivity index (χ3n) is 4.15. The lowest BCUT2D eigenvalue weighted by atomic mass is 10.00. The Bertz CT molecular complexity index is 662. The molecule has 4 heteroatoms. The van der Waals surface area contributed by atoms with E-state index in [-0.39, 0.29) is 11.9 Å². The minimum Gasteiger partial charge on any atom is -0.467 e. The Labute approximate surface area is 136 Å². The van der Waals surface area contributed by atoms with Crippen LogP contribution in [0.5, 0.6) is 0 Å². The molecular formula is C19H22N2O2. The van der Waals surface area contributed by atoms with Crippen molar-refractivity contribution in [2.24, 2.45) is 0 Å². The van der Waals surface area contributed by atoms with E-state index < -0.39 is 0 Å². The van der Waals surface area contributed by atoms with E-state index in [0.29, 0.717) is 6.54 Å². The average molecular weight is 310 g/mol. The van der Waals surface area contributed by atoms with Crippen LogP contribution in [0.15, 0.2) is 59.2 Å². The van der Waals surface area contributed by atoms with Crippen molar-refractivity contribution in [3.63, 3.8) is 0 Å². The smallest absolute Gasteiger partial charge is 0.234 e. The van der Waals surface area contributed by atoms with Crippen molar-refractivity contribution < 1.29 is 9.21 Å². The predicted octanol–water partition coefficient (Wildman–Crippen LogP) is 3.25. The van der Waals surface area contributed by atoms with E-state index in [1.165, 1.54) is 11.1 Å². The Balaban J connectivity index is 1.50. The maximum absolute atomic E-state index is 12.2. The Hall–Kier alpha value is -2.33. The second-order valence-corrected chi connectivity index (χ2v) is 5.89. The summed E-state index contributed by atoms with van der Waals surface area (Å²) in [6.45, 7) is 4.07. The molecule has 0 fully saturated rings. The highest BCUT2D eigenvalue weighted by molar-refractivity contribution is 5.78. The number of nitrogens with one attached hydrogen (secondary N) is 1. The van der Waals surface area contributed by atoms with Crippen LogP contribution in [0.1, 0.15) is 30.7 Å². The van der Waals surface area contributed by atoms with Crippen molar-refractivity contribution in [2.45, 2.75) is 19.4 Å². The van der Waals surface area contributed by atoms with Crippen molar-refractivity contribution in [1.82, 2.24) is 10.2 Å². The van der Waals surface area contributed by atoms with Gasteiger partial charge in [-0.05, 0) is 36.6 Å². The summed E-state index contributed by atoms with van der Waals surface area (Å²) in [5.41, 5.74) is 2.65. The van der Waals surface area contributed by atoms with E-state index in [0.717, 1.165) is 25.3 Å². The van der Waals surface area contributed by atoms with Crippen LogP contribution in [0.4, 0.5) is 0 Å². The van der Waals surface area contributed by atoms with Gasteiger partial charge in [-0.1, -0.05) is 36.4 Å². The minimum absolute atomic E-state index is 0.0328. The fraction of sp³-hybridized carbons (Fsp3) is 0.316. The lowest BCUT2D eigenvalue weighted by molar-refractivity contribution is -0.122. The first kappa shape index (κ1) is 15.6. The summed E-state index contributed by atoms with van der Waals surface area (Å²) < 4.78 is 5.31. The Morgan fingerprint density at radius 1 is 1.26 bits per heavy atom. The van der Waals surface area contributed by atoms with Gasteiger partial charge in [0.1, 0.15) is 5.76 Å². The van der Waals surface area contributed by atoms with Gasteiger partial charge in [0.2, 0.25) is 5.91 Å². The molecule has 0 unspecified atom stereocenters. The molecule has 1 amide bonds. The highest BCUT2D eigenvalue weighted by atomic mass is 16.3. The van der Waals surface area contributed by atoms with E-state index >= 15 is 0 Å². The minimum atomic E-state index is -0.0993. The summed E-state index contributed by atoms with van der Waals surface area (Å²) in [4.78, 5) is 14.3. The molecule has 0 saturated carbocycles. The molecule has 0 saturated heterocycles. The van der Waals surface area contributed by atoms with E-state index in [9.17, 15) is 4.79 Å². The van der Waals surface area contributed by atoms with E-state index in [2.05, 4.69) is 40.6 Å². The van der Waals surface area contributed by atoms with Crippen LogP contribution in [0.25, 0.3) is 5.57 Å². The highest BCUT2D eigenvalue weighted by Gasteiger charge is 2.17. The molecule has 1 aliphatic heterocycles. The van der Waals surface area contributed by atoms with Crippen molar-refractivity contribution in [3.05, 3.63) is 66.1 Å². The maximum Gasteiger partial charge on any atom is 0.234 e. The molecular weight excluding hydrogens is 288 g/mol. The van der Waals surface area contributed by atoms with Crippen LogP contribution in [0, 0.1) is 0 Å². The first-order valence-electron chi connectivity index (χ1n) is 8.02. The Morgan fingerprint density at radius 2 is 2.09 bits per heavy atom. The zero-order valence-electron chi connectivity index (χ0n) is 13.4. The molecule has 1 atom stereocenters. The van der Waals surface area contributed by atoms with Gasteiger partial charge < -0.3 is 9.73 Å². The second kappa shape index (κ2) is 7.29. The van der Waals surface area contributed by atoms with Crippen molar-refractivity contribution in [3.8, 4) is 0 Å². The molecule has 23 heavy (non-hydrogen) atoms. The Kier molecular flexibility index (Phi) is 4.93. The van der Waals surface area contributed by atoms with Gasteiger partial charge in [0, 0.05) is 13.1 Å². The summed E-state index contributed by atoms with van der Waals surface area (Å²) in [5, 5.41) is 2.98. The number of hydrogen-bond donors (Lipinski definition) is 1. The maximum atomic E-state index is 12.2. The number of benzene rings is 1. The third-order valence-corrected chi connectivity index (χ3v) is 4.15. The second-order valence-electron chi connectivity index (χ2n) is 5.89. The molecule has 1 aromatic carbocycles. The number of carbonyl (C=O) groups is 1. The van der Waals surface area contributed by atoms with Gasteiger partial charge in [-0.15, -0.1) is 0 Å². The van der Waals surface area contributed by atoms with Crippen LogP contribution in [0.2, 0.25) is 0 Å². The zero-order chi connectivity index (χ0) is 16.1. The predicted molar refractivity (Wildman–Crippen MR) is 90.7 cm³/mol. The summed E-state index contributed by atoms with van der Waals surface area (Å²) in [7, 11) is 0. The number of amides is 1.